The second-order valence-electron chi connectivity index (χ2n) is 6.83. The number of aryl methyl sites for hydroxylation is 1. The monoisotopic (exact) mass is 423 g/mol. The molecule has 0 spiro atoms. The van der Waals surface area contributed by atoms with E-state index in [1.807, 2.05) is 60.7 Å². The minimum atomic E-state index is -3.66. The summed E-state index contributed by atoms with van der Waals surface area (Å²) >= 11 is 0. The maximum Gasteiger partial charge on any atom is 0.270 e. The van der Waals surface area contributed by atoms with Gasteiger partial charge in [0.05, 0.1) is 17.1 Å². The predicted molar refractivity (Wildman–Crippen MR) is 119 cm³/mol. The molecule has 0 saturated carbocycles. The van der Waals surface area contributed by atoms with Crippen LogP contribution in [-0.4, -0.2) is 20.9 Å². The number of nitrogens with one attached hydrogen (secondary N) is 2. The maximum atomic E-state index is 13.1. The number of carbonyl (C=O) groups is 1. The fourth-order valence-corrected chi connectivity index (χ4v) is 4.11. The second kappa shape index (κ2) is 9.56. The SMILES string of the molecule is CCNS(=O)(=O)c1ccc(C)c(C(=O)NN(Cc2ccccc2)c2ccccc2)c1. The van der Waals surface area contributed by atoms with Crippen LogP contribution in [-0.2, 0) is 16.6 Å². The van der Waals surface area contributed by atoms with Gasteiger partial charge in [0.25, 0.3) is 5.91 Å². The van der Waals surface area contributed by atoms with Crippen molar-refractivity contribution >= 4 is 21.6 Å². The highest BCUT2D eigenvalue weighted by Crippen LogP contribution is 2.18. The molecule has 2 N–H and O–H groups in total. The Morgan fingerprint density at radius 1 is 0.933 bits per heavy atom. The van der Waals surface area contributed by atoms with Crippen molar-refractivity contribution in [3.05, 3.63) is 95.6 Å². The summed E-state index contributed by atoms with van der Waals surface area (Å²) < 4.78 is 27.2. The largest absolute Gasteiger partial charge is 0.281 e. The fourth-order valence-electron chi connectivity index (χ4n) is 3.04. The lowest BCUT2D eigenvalue weighted by atomic mass is 10.1. The first-order valence-corrected chi connectivity index (χ1v) is 11.2. The molecular weight excluding hydrogens is 398 g/mol. The smallest absolute Gasteiger partial charge is 0.270 e. The van der Waals surface area contributed by atoms with Gasteiger partial charge in [0, 0.05) is 12.1 Å². The Labute approximate surface area is 177 Å². The number of hydrogen-bond donors (Lipinski definition) is 2. The van der Waals surface area contributed by atoms with Gasteiger partial charge in [-0.1, -0.05) is 61.5 Å². The van der Waals surface area contributed by atoms with Gasteiger partial charge in [-0.2, -0.15) is 0 Å². The summed E-state index contributed by atoms with van der Waals surface area (Å²) in [6, 6.07) is 23.9. The third kappa shape index (κ3) is 5.25. The number of anilines is 1. The Kier molecular flexibility index (Phi) is 6.87. The quantitative estimate of drug-likeness (QED) is 0.542. The number of nitrogens with zero attached hydrogens (tertiary/aromatic N) is 1. The summed E-state index contributed by atoms with van der Waals surface area (Å²) in [4.78, 5) is 13.2. The number of hydrogen-bond acceptors (Lipinski definition) is 4. The zero-order valence-electron chi connectivity index (χ0n) is 17.0. The van der Waals surface area contributed by atoms with Crippen LogP contribution < -0.4 is 15.2 Å². The Morgan fingerprint density at radius 3 is 2.20 bits per heavy atom. The predicted octanol–water partition coefficient (Wildman–Crippen LogP) is 3.64. The van der Waals surface area contributed by atoms with E-state index >= 15 is 0 Å². The summed E-state index contributed by atoms with van der Waals surface area (Å²) in [5, 5.41) is 1.75. The first-order valence-electron chi connectivity index (χ1n) is 9.68. The van der Waals surface area contributed by atoms with Crippen LogP contribution in [0.4, 0.5) is 5.69 Å². The zero-order chi connectivity index (χ0) is 21.6. The second-order valence-corrected chi connectivity index (χ2v) is 8.59. The van der Waals surface area contributed by atoms with Crippen LogP contribution in [0.5, 0.6) is 0 Å². The van der Waals surface area contributed by atoms with Crippen LogP contribution in [0.15, 0.2) is 83.8 Å². The molecule has 1 amide bonds. The van der Waals surface area contributed by atoms with Gasteiger partial charge in [0.2, 0.25) is 10.0 Å². The van der Waals surface area contributed by atoms with Crippen molar-refractivity contribution in [2.24, 2.45) is 0 Å². The van der Waals surface area contributed by atoms with E-state index in [0.717, 1.165) is 11.3 Å². The summed E-state index contributed by atoms with van der Waals surface area (Å²) in [5.41, 5.74) is 5.78. The van der Waals surface area contributed by atoms with E-state index in [0.29, 0.717) is 17.7 Å². The van der Waals surface area contributed by atoms with Crippen LogP contribution in [0.2, 0.25) is 0 Å². The third-order valence-corrected chi connectivity index (χ3v) is 6.13. The maximum absolute atomic E-state index is 13.1. The van der Waals surface area contributed by atoms with Gasteiger partial charge in [0.15, 0.2) is 0 Å². The Balaban J connectivity index is 1.90. The topological polar surface area (TPSA) is 78.5 Å². The molecule has 0 aromatic heterocycles. The molecule has 0 atom stereocenters. The molecule has 0 unspecified atom stereocenters. The van der Waals surface area contributed by atoms with E-state index in [1.54, 1.807) is 24.9 Å². The van der Waals surface area contributed by atoms with Crippen molar-refractivity contribution < 1.29 is 13.2 Å². The first-order chi connectivity index (χ1) is 14.4. The summed E-state index contributed by atoms with van der Waals surface area (Å²) in [6.07, 6.45) is 0. The molecule has 0 heterocycles. The van der Waals surface area contributed by atoms with Crippen molar-refractivity contribution in [1.82, 2.24) is 10.1 Å². The molecule has 3 rings (SSSR count). The van der Waals surface area contributed by atoms with E-state index < -0.39 is 10.0 Å². The number of benzene rings is 3. The van der Waals surface area contributed by atoms with E-state index in [-0.39, 0.29) is 17.3 Å². The summed E-state index contributed by atoms with van der Waals surface area (Å²) in [6.45, 7) is 4.23. The minimum Gasteiger partial charge on any atom is -0.281 e. The van der Waals surface area contributed by atoms with Crippen molar-refractivity contribution in [1.29, 1.82) is 0 Å². The number of hydrazine groups is 1. The molecule has 3 aromatic carbocycles. The molecule has 0 aliphatic heterocycles. The van der Waals surface area contributed by atoms with Gasteiger partial charge in [-0.25, -0.2) is 13.1 Å². The normalized spacial score (nSPS) is 11.1. The molecule has 0 saturated heterocycles. The molecule has 0 radical (unpaired) electrons. The van der Waals surface area contributed by atoms with Crippen LogP contribution in [0.25, 0.3) is 0 Å². The number of rotatable bonds is 8. The molecule has 0 bridgehead atoms. The molecule has 3 aromatic rings. The number of amides is 1. The Hall–Kier alpha value is -3.16. The van der Waals surface area contributed by atoms with Gasteiger partial charge in [-0.3, -0.25) is 15.2 Å². The van der Waals surface area contributed by atoms with E-state index in [2.05, 4.69) is 10.1 Å². The van der Waals surface area contributed by atoms with Crippen LogP contribution in [0.3, 0.4) is 0 Å². The van der Waals surface area contributed by atoms with Gasteiger partial charge in [-0.05, 0) is 42.3 Å². The van der Waals surface area contributed by atoms with Crippen molar-refractivity contribution in [3.63, 3.8) is 0 Å². The van der Waals surface area contributed by atoms with Gasteiger partial charge >= 0.3 is 0 Å². The molecule has 0 aliphatic rings. The number of sulfonamides is 1. The summed E-state index contributed by atoms with van der Waals surface area (Å²) in [5.74, 6) is -0.374. The van der Waals surface area contributed by atoms with E-state index in [1.165, 1.54) is 12.1 Å². The zero-order valence-corrected chi connectivity index (χ0v) is 17.8. The lowest BCUT2D eigenvalue weighted by Crippen LogP contribution is -2.42. The molecular formula is C23H25N3O3S. The van der Waals surface area contributed by atoms with Gasteiger partial charge in [0.1, 0.15) is 0 Å². The molecule has 0 aliphatic carbocycles. The van der Waals surface area contributed by atoms with Crippen LogP contribution in [0, 0.1) is 6.92 Å². The minimum absolute atomic E-state index is 0.0643. The lowest BCUT2D eigenvalue weighted by Gasteiger charge is -2.26. The van der Waals surface area contributed by atoms with Crippen molar-refractivity contribution in [2.75, 3.05) is 11.6 Å². The third-order valence-electron chi connectivity index (χ3n) is 4.59. The number of para-hydroxylation sites is 1. The molecule has 6 nitrogen and oxygen atoms in total. The molecule has 30 heavy (non-hydrogen) atoms. The van der Waals surface area contributed by atoms with E-state index in [9.17, 15) is 13.2 Å². The van der Waals surface area contributed by atoms with Crippen LogP contribution in [0.1, 0.15) is 28.4 Å². The lowest BCUT2D eigenvalue weighted by molar-refractivity contribution is 0.0947. The summed E-state index contributed by atoms with van der Waals surface area (Å²) in [7, 11) is -3.66. The molecule has 0 fully saturated rings. The van der Waals surface area contributed by atoms with Crippen molar-refractivity contribution in [3.8, 4) is 0 Å². The van der Waals surface area contributed by atoms with E-state index in [4.69, 9.17) is 0 Å². The molecule has 156 valence electrons. The number of carbonyl (C=O) groups excluding carboxylic acids is 1. The average Bonchev–Trinajstić information content (AvgIpc) is 2.74. The first kappa shape index (κ1) is 21.5. The van der Waals surface area contributed by atoms with Gasteiger partial charge in [-0.15, -0.1) is 0 Å². The fraction of sp³-hybridized carbons (Fsp3) is 0.174. The van der Waals surface area contributed by atoms with Crippen molar-refractivity contribution in [2.45, 2.75) is 25.3 Å². The molecule has 7 heteroatoms. The highest BCUT2D eigenvalue weighted by atomic mass is 32.2. The highest BCUT2D eigenvalue weighted by molar-refractivity contribution is 7.89. The Morgan fingerprint density at radius 2 is 1.57 bits per heavy atom. The van der Waals surface area contributed by atoms with Gasteiger partial charge < -0.3 is 0 Å². The Bertz CT molecular complexity index is 1100. The van der Waals surface area contributed by atoms with Crippen LogP contribution >= 0.6 is 0 Å². The standard InChI is InChI=1S/C23H25N3O3S/c1-3-24-30(28,29)21-15-14-18(2)22(16-21)23(27)25-26(20-12-8-5-9-13-20)17-19-10-6-4-7-11-19/h4-16,24H,3,17H2,1-2H3,(H,25,27). The highest BCUT2D eigenvalue weighted by Gasteiger charge is 2.19. The average molecular weight is 424 g/mol.